The Balaban J connectivity index is 2.36. The Labute approximate surface area is 121 Å². The molecule has 7 heteroatoms. The van der Waals surface area contributed by atoms with E-state index in [1.807, 2.05) is 0 Å². The average Bonchev–Trinajstić information content (AvgIpc) is 2.43. The number of aryl methyl sites for hydroxylation is 1. The van der Waals surface area contributed by atoms with Gasteiger partial charge in [0.2, 0.25) is 0 Å². The van der Waals surface area contributed by atoms with Crippen molar-refractivity contribution in [2.24, 2.45) is 0 Å². The van der Waals surface area contributed by atoms with Gasteiger partial charge < -0.3 is 5.11 Å². The monoisotopic (exact) mass is 309 g/mol. The Morgan fingerprint density at radius 2 is 1.90 bits per heavy atom. The van der Waals surface area contributed by atoms with E-state index < -0.39 is 21.8 Å². The molecule has 21 heavy (non-hydrogen) atoms. The SMILES string of the molecule is Cc1cc(NS(=O)(=O)c2cccc(C(=O)O)c2)ccc1F. The third kappa shape index (κ3) is 3.38. The molecule has 0 fully saturated rings. The first-order valence-corrected chi connectivity index (χ1v) is 7.40. The highest BCUT2D eigenvalue weighted by Crippen LogP contribution is 2.19. The van der Waals surface area contributed by atoms with Crippen LogP contribution in [-0.4, -0.2) is 19.5 Å². The molecular weight excluding hydrogens is 297 g/mol. The van der Waals surface area contributed by atoms with E-state index in [1.165, 1.54) is 37.3 Å². The van der Waals surface area contributed by atoms with Crippen molar-refractivity contribution in [3.8, 4) is 0 Å². The average molecular weight is 309 g/mol. The number of rotatable bonds is 4. The molecule has 0 radical (unpaired) electrons. The first-order valence-electron chi connectivity index (χ1n) is 5.92. The number of anilines is 1. The molecule has 2 N–H and O–H groups in total. The van der Waals surface area contributed by atoms with Crippen molar-refractivity contribution < 1.29 is 22.7 Å². The summed E-state index contributed by atoms with van der Waals surface area (Å²) in [6, 6.07) is 8.78. The van der Waals surface area contributed by atoms with Gasteiger partial charge in [-0.2, -0.15) is 0 Å². The number of carboxylic acid groups (broad SMARTS) is 1. The van der Waals surface area contributed by atoms with Gasteiger partial charge in [-0.25, -0.2) is 17.6 Å². The Bertz CT molecular complexity index is 802. The second-order valence-electron chi connectivity index (χ2n) is 4.40. The van der Waals surface area contributed by atoms with Crippen LogP contribution in [0.25, 0.3) is 0 Å². The summed E-state index contributed by atoms with van der Waals surface area (Å²) in [6.45, 7) is 1.51. The molecule has 0 unspecified atom stereocenters. The van der Waals surface area contributed by atoms with Crippen LogP contribution < -0.4 is 4.72 Å². The molecule has 110 valence electrons. The van der Waals surface area contributed by atoms with Crippen molar-refractivity contribution in [1.82, 2.24) is 0 Å². The molecule has 0 bridgehead atoms. The largest absolute Gasteiger partial charge is 0.478 e. The van der Waals surface area contributed by atoms with Crippen molar-refractivity contribution in [2.75, 3.05) is 4.72 Å². The Kier molecular flexibility index (Phi) is 3.95. The number of hydrogen-bond acceptors (Lipinski definition) is 3. The zero-order valence-corrected chi connectivity index (χ0v) is 11.8. The van der Waals surface area contributed by atoms with Crippen LogP contribution in [0.2, 0.25) is 0 Å². The molecule has 5 nitrogen and oxygen atoms in total. The summed E-state index contributed by atoms with van der Waals surface area (Å²) >= 11 is 0. The topological polar surface area (TPSA) is 83.5 Å². The van der Waals surface area contributed by atoms with E-state index in [-0.39, 0.29) is 16.1 Å². The Morgan fingerprint density at radius 1 is 1.19 bits per heavy atom. The van der Waals surface area contributed by atoms with Gasteiger partial charge >= 0.3 is 5.97 Å². The number of sulfonamides is 1. The van der Waals surface area contributed by atoms with Gasteiger partial charge in [-0.15, -0.1) is 0 Å². The maximum atomic E-state index is 13.2. The quantitative estimate of drug-likeness (QED) is 0.909. The van der Waals surface area contributed by atoms with Crippen LogP contribution in [0.4, 0.5) is 10.1 Å². The fourth-order valence-corrected chi connectivity index (χ4v) is 2.81. The van der Waals surface area contributed by atoms with E-state index in [4.69, 9.17) is 5.11 Å². The smallest absolute Gasteiger partial charge is 0.335 e. The summed E-state index contributed by atoms with van der Waals surface area (Å²) in [6.07, 6.45) is 0. The second-order valence-corrected chi connectivity index (χ2v) is 6.08. The molecule has 2 aromatic rings. The summed E-state index contributed by atoms with van der Waals surface area (Å²) < 4.78 is 39.8. The van der Waals surface area contributed by atoms with Gasteiger partial charge in [0.05, 0.1) is 10.5 Å². The zero-order valence-electron chi connectivity index (χ0n) is 11.0. The lowest BCUT2D eigenvalue weighted by Crippen LogP contribution is -2.14. The van der Waals surface area contributed by atoms with Crippen LogP contribution in [0, 0.1) is 12.7 Å². The van der Waals surface area contributed by atoms with Gasteiger partial charge in [0.25, 0.3) is 10.0 Å². The molecule has 2 aromatic carbocycles. The number of nitrogens with one attached hydrogen (secondary N) is 1. The lowest BCUT2D eigenvalue weighted by molar-refractivity contribution is 0.0696. The summed E-state index contributed by atoms with van der Waals surface area (Å²) in [5.74, 6) is -1.66. The molecule has 0 aromatic heterocycles. The van der Waals surface area contributed by atoms with E-state index >= 15 is 0 Å². The van der Waals surface area contributed by atoms with Gasteiger partial charge in [0, 0.05) is 5.69 Å². The van der Waals surface area contributed by atoms with Crippen LogP contribution in [0.5, 0.6) is 0 Å². The second kappa shape index (κ2) is 5.53. The lowest BCUT2D eigenvalue weighted by atomic mass is 10.2. The highest BCUT2D eigenvalue weighted by atomic mass is 32.2. The third-order valence-corrected chi connectivity index (χ3v) is 4.18. The van der Waals surface area contributed by atoms with Crippen LogP contribution in [0.1, 0.15) is 15.9 Å². The van der Waals surface area contributed by atoms with Gasteiger partial charge in [0.15, 0.2) is 0 Å². The summed E-state index contributed by atoms with van der Waals surface area (Å²) in [7, 11) is -3.93. The lowest BCUT2D eigenvalue weighted by Gasteiger charge is -2.09. The molecule has 0 spiro atoms. The molecule has 0 amide bonds. The number of carbonyl (C=O) groups is 1. The van der Waals surface area contributed by atoms with Crippen LogP contribution in [0.3, 0.4) is 0 Å². The molecule has 0 aliphatic rings. The molecule has 0 aliphatic carbocycles. The zero-order chi connectivity index (χ0) is 15.6. The Hall–Kier alpha value is -2.41. The van der Waals surface area contributed by atoms with Gasteiger partial charge in [-0.1, -0.05) is 6.07 Å². The maximum absolute atomic E-state index is 13.2. The fourth-order valence-electron chi connectivity index (χ4n) is 1.72. The molecule has 0 aliphatic heterocycles. The molecule has 0 saturated heterocycles. The first kappa shape index (κ1) is 15.0. The molecule has 0 saturated carbocycles. The predicted molar refractivity (Wildman–Crippen MR) is 75.3 cm³/mol. The minimum atomic E-state index is -3.93. The van der Waals surface area contributed by atoms with Gasteiger partial charge in [-0.3, -0.25) is 4.72 Å². The van der Waals surface area contributed by atoms with Crippen molar-refractivity contribution >= 4 is 21.7 Å². The van der Waals surface area contributed by atoms with E-state index in [0.29, 0.717) is 5.56 Å². The van der Waals surface area contributed by atoms with E-state index in [0.717, 1.165) is 12.1 Å². The van der Waals surface area contributed by atoms with E-state index in [1.54, 1.807) is 0 Å². The minimum Gasteiger partial charge on any atom is -0.478 e. The number of benzene rings is 2. The Morgan fingerprint density at radius 3 is 2.52 bits per heavy atom. The summed E-state index contributed by atoms with van der Waals surface area (Å²) in [5.41, 5.74) is 0.372. The summed E-state index contributed by atoms with van der Waals surface area (Å²) in [5, 5.41) is 8.87. The highest BCUT2D eigenvalue weighted by molar-refractivity contribution is 7.92. The molecule has 0 heterocycles. The molecular formula is C14H12FNO4S. The fraction of sp³-hybridized carbons (Fsp3) is 0.0714. The number of hydrogen-bond donors (Lipinski definition) is 2. The predicted octanol–water partition coefficient (Wildman–Crippen LogP) is 2.63. The van der Waals surface area contributed by atoms with Gasteiger partial charge in [-0.05, 0) is 48.9 Å². The van der Waals surface area contributed by atoms with Crippen molar-refractivity contribution in [1.29, 1.82) is 0 Å². The highest BCUT2D eigenvalue weighted by Gasteiger charge is 2.16. The van der Waals surface area contributed by atoms with Crippen molar-refractivity contribution in [2.45, 2.75) is 11.8 Å². The molecule has 0 atom stereocenters. The first-order chi connectivity index (χ1) is 9.79. The number of carboxylic acids is 1. The van der Waals surface area contributed by atoms with Crippen LogP contribution in [-0.2, 0) is 10.0 Å². The van der Waals surface area contributed by atoms with Crippen LogP contribution in [0.15, 0.2) is 47.4 Å². The maximum Gasteiger partial charge on any atom is 0.335 e. The molecule has 2 rings (SSSR count). The third-order valence-electron chi connectivity index (χ3n) is 2.80. The van der Waals surface area contributed by atoms with Crippen molar-refractivity contribution in [3.05, 3.63) is 59.4 Å². The van der Waals surface area contributed by atoms with E-state index in [2.05, 4.69) is 4.72 Å². The summed E-state index contributed by atoms with van der Waals surface area (Å²) in [4.78, 5) is 10.7. The van der Waals surface area contributed by atoms with Crippen molar-refractivity contribution in [3.63, 3.8) is 0 Å². The number of aromatic carboxylic acids is 1. The standard InChI is InChI=1S/C14H12FNO4S/c1-9-7-11(5-6-13(9)15)16-21(19,20)12-4-2-3-10(8-12)14(17)18/h2-8,16H,1H3,(H,17,18). The normalized spacial score (nSPS) is 11.1. The number of halogens is 1. The van der Waals surface area contributed by atoms with Crippen LogP contribution >= 0.6 is 0 Å². The minimum absolute atomic E-state index is 0.131. The van der Waals surface area contributed by atoms with Gasteiger partial charge in [0.1, 0.15) is 5.82 Å². The van der Waals surface area contributed by atoms with E-state index in [9.17, 15) is 17.6 Å².